The quantitative estimate of drug-likeness (QED) is 0.648. The number of nitrogens with one attached hydrogen (secondary N) is 1. The molecule has 3 rings (SSSR count). The van der Waals surface area contributed by atoms with Gasteiger partial charge in [-0.05, 0) is 31.0 Å². The number of hydrogen-bond donors (Lipinski definition) is 2. The fraction of sp³-hybridized carbons (Fsp3) is 0.308. The maximum Gasteiger partial charge on any atom is 0.322 e. The van der Waals surface area contributed by atoms with Crippen LogP contribution in [0.1, 0.15) is 24.7 Å². The molecule has 1 heterocycles. The van der Waals surface area contributed by atoms with Crippen molar-refractivity contribution in [3.63, 3.8) is 0 Å². The molecule has 0 radical (unpaired) electrons. The largest absolute Gasteiger partial charge is 0.408 e. The standard InChI is InChI=1S/C13H13ClN4O2S/c14-9-4-3-8(15)5-10(9)21-6-11(19)16-13-18-17-12(20-13)7-1-2-7/h3-5,7H,1-2,6,15H2,(H,16,18,19). The van der Waals surface area contributed by atoms with Gasteiger partial charge in [-0.15, -0.1) is 16.9 Å². The van der Waals surface area contributed by atoms with Crippen molar-refractivity contribution in [1.82, 2.24) is 10.2 Å². The van der Waals surface area contributed by atoms with E-state index in [-0.39, 0.29) is 17.7 Å². The molecule has 1 aliphatic rings. The van der Waals surface area contributed by atoms with Crippen LogP contribution >= 0.6 is 23.4 Å². The highest BCUT2D eigenvalue weighted by Gasteiger charge is 2.29. The zero-order valence-electron chi connectivity index (χ0n) is 11.0. The molecule has 0 saturated heterocycles. The summed E-state index contributed by atoms with van der Waals surface area (Å²) in [6.45, 7) is 0. The number of amides is 1. The van der Waals surface area contributed by atoms with Gasteiger partial charge in [-0.25, -0.2) is 0 Å². The number of rotatable bonds is 5. The second-order valence-electron chi connectivity index (χ2n) is 4.75. The number of hydrogen-bond acceptors (Lipinski definition) is 6. The first-order chi connectivity index (χ1) is 10.1. The number of nitrogens with zero attached hydrogens (tertiary/aromatic N) is 2. The van der Waals surface area contributed by atoms with Crippen molar-refractivity contribution in [2.24, 2.45) is 0 Å². The lowest BCUT2D eigenvalue weighted by Gasteiger charge is -2.04. The molecular weight excluding hydrogens is 312 g/mol. The van der Waals surface area contributed by atoms with Gasteiger partial charge < -0.3 is 10.2 Å². The summed E-state index contributed by atoms with van der Waals surface area (Å²) in [6, 6.07) is 5.29. The van der Waals surface area contributed by atoms with Crippen molar-refractivity contribution in [3.05, 3.63) is 29.1 Å². The minimum Gasteiger partial charge on any atom is -0.408 e. The van der Waals surface area contributed by atoms with E-state index in [1.54, 1.807) is 18.2 Å². The highest BCUT2D eigenvalue weighted by molar-refractivity contribution is 8.00. The van der Waals surface area contributed by atoms with Gasteiger partial charge in [0.15, 0.2) is 0 Å². The van der Waals surface area contributed by atoms with Gasteiger partial charge >= 0.3 is 6.01 Å². The van der Waals surface area contributed by atoms with Gasteiger partial charge in [0.2, 0.25) is 11.8 Å². The van der Waals surface area contributed by atoms with E-state index in [0.29, 0.717) is 22.5 Å². The summed E-state index contributed by atoms with van der Waals surface area (Å²) in [6.07, 6.45) is 2.14. The van der Waals surface area contributed by atoms with Crippen LogP contribution in [0.3, 0.4) is 0 Å². The second kappa shape index (κ2) is 5.95. The number of nitrogens with two attached hydrogens (primary N) is 1. The Labute approximate surface area is 130 Å². The van der Waals surface area contributed by atoms with Crippen LogP contribution in [0.25, 0.3) is 0 Å². The SMILES string of the molecule is Nc1ccc(Cl)c(SCC(=O)Nc2nnc(C3CC3)o2)c1. The molecule has 1 saturated carbocycles. The number of thioether (sulfide) groups is 1. The van der Waals surface area contributed by atoms with E-state index >= 15 is 0 Å². The molecule has 1 aromatic carbocycles. The maximum atomic E-state index is 11.8. The fourth-order valence-corrected chi connectivity index (χ4v) is 2.77. The minimum atomic E-state index is -0.232. The number of aromatic nitrogens is 2. The molecule has 3 N–H and O–H groups in total. The van der Waals surface area contributed by atoms with Gasteiger partial charge in [-0.1, -0.05) is 16.7 Å². The van der Waals surface area contributed by atoms with Gasteiger partial charge in [0, 0.05) is 16.5 Å². The molecule has 0 spiro atoms. The van der Waals surface area contributed by atoms with Gasteiger partial charge in [0.25, 0.3) is 0 Å². The first kappa shape index (κ1) is 14.2. The number of carbonyl (C=O) groups excluding carboxylic acids is 1. The fourth-order valence-electron chi connectivity index (χ4n) is 1.71. The summed E-state index contributed by atoms with van der Waals surface area (Å²) in [5.74, 6) is 0.912. The van der Waals surface area contributed by atoms with Crippen LogP contribution in [0.2, 0.25) is 5.02 Å². The molecule has 0 bridgehead atoms. The van der Waals surface area contributed by atoms with Crippen molar-refractivity contribution in [2.75, 3.05) is 16.8 Å². The van der Waals surface area contributed by atoms with E-state index in [1.165, 1.54) is 11.8 Å². The molecule has 0 aliphatic heterocycles. The Hall–Kier alpha value is -1.73. The van der Waals surface area contributed by atoms with Gasteiger partial charge in [-0.3, -0.25) is 10.1 Å². The van der Waals surface area contributed by atoms with Crippen LogP contribution in [0.5, 0.6) is 0 Å². The molecule has 110 valence electrons. The van der Waals surface area contributed by atoms with Crippen LogP contribution in [0.15, 0.2) is 27.5 Å². The normalized spacial score (nSPS) is 14.1. The average molecular weight is 325 g/mol. The molecule has 6 nitrogen and oxygen atoms in total. The highest BCUT2D eigenvalue weighted by Crippen LogP contribution is 2.39. The summed E-state index contributed by atoms with van der Waals surface area (Å²) < 4.78 is 5.36. The summed E-state index contributed by atoms with van der Waals surface area (Å²) >= 11 is 7.34. The zero-order chi connectivity index (χ0) is 14.8. The number of anilines is 2. The van der Waals surface area contributed by atoms with Gasteiger partial charge in [-0.2, -0.15) is 0 Å². The van der Waals surface area contributed by atoms with Crippen molar-refractivity contribution < 1.29 is 9.21 Å². The zero-order valence-corrected chi connectivity index (χ0v) is 12.6. The Morgan fingerprint density at radius 3 is 3.05 bits per heavy atom. The average Bonchev–Trinajstić information content (AvgIpc) is 3.21. The monoisotopic (exact) mass is 324 g/mol. The maximum absolute atomic E-state index is 11.8. The third-order valence-electron chi connectivity index (χ3n) is 2.93. The Morgan fingerprint density at radius 2 is 2.29 bits per heavy atom. The van der Waals surface area contributed by atoms with Gasteiger partial charge in [0.05, 0.1) is 10.8 Å². The van der Waals surface area contributed by atoms with Crippen LogP contribution in [0, 0.1) is 0 Å². The van der Waals surface area contributed by atoms with Crippen molar-refractivity contribution in [2.45, 2.75) is 23.7 Å². The molecule has 1 fully saturated rings. The van der Waals surface area contributed by atoms with Crippen molar-refractivity contribution >= 4 is 41.0 Å². The molecule has 1 amide bonds. The summed E-state index contributed by atoms with van der Waals surface area (Å²) in [7, 11) is 0. The Bertz CT molecular complexity index is 672. The van der Waals surface area contributed by atoms with Crippen LogP contribution in [-0.2, 0) is 4.79 Å². The summed E-state index contributed by atoms with van der Waals surface area (Å²) in [4.78, 5) is 12.6. The summed E-state index contributed by atoms with van der Waals surface area (Å²) in [5, 5.41) is 10.8. The van der Waals surface area contributed by atoms with E-state index < -0.39 is 0 Å². The molecule has 8 heteroatoms. The van der Waals surface area contributed by atoms with Crippen LogP contribution < -0.4 is 11.1 Å². The smallest absolute Gasteiger partial charge is 0.322 e. The van der Waals surface area contributed by atoms with Crippen LogP contribution in [-0.4, -0.2) is 21.9 Å². The number of halogens is 1. The molecule has 21 heavy (non-hydrogen) atoms. The summed E-state index contributed by atoms with van der Waals surface area (Å²) in [5.41, 5.74) is 6.29. The molecule has 1 aliphatic carbocycles. The minimum absolute atomic E-state index is 0.140. The van der Waals surface area contributed by atoms with E-state index in [0.717, 1.165) is 17.7 Å². The number of carbonyl (C=O) groups is 1. The lowest BCUT2D eigenvalue weighted by Crippen LogP contribution is -2.14. The van der Waals surface area contributed by atoms with Crippen molar-refractivity contribution in [1.29, 1.82) is 0 Å². The van der Waals surface area contributed by atoms with E-state index in [9.17, 15) is 4.79 Å². The molecule has 2 aromatic rings. The molecular formula is C13H13ClN4O2S. The Balaban J connectivity index is 1.54. The topological polar surface area (TPSA) is 94.0 Å². The van der Waals surface area contributed by atoms with E-state index in [1.807, 2.05) is 0 Å². The first-order valence-electron chi connectivity index (χ1n) is 6.43. The van der Waals surface area contributed by atoms with Crippen LogP contribution in [0.4, 0.5) is 11.7 Å². The van der Waals surface area contributed by atoms with E-state index in [2.05, 4.69) is 15.5 Å². The molecule has 0 atom stereocenters. The second-order valence-corrected chi connectivity index (χ2v) is 6.17. The lowest BCUT2D eigenvalue weighted by molar-refractivity contribution is -0.113. The lowest BCUT2D eigenvalue weighted by atomic mass is 10.3. The van der Waals surface area contributed by atoms with Gasteiger partial charge in [0.1, 0.15) is 0 Å². The Kier molecular flexibility index (Phi) is 4.03. The predicted molar refractivity (Wildman–Crippen MR) is 81.5 cm³/mol. The molecule has 0 unspecified atom stereocenters. The Morgan fingerprint density at radius 1 is 1.48 bits per heavy atom. The first-order valence-corrected chi connectivity index (χ1v) is 7.79. The van der Waals surface area contributed by atoms with E-state index in [4.69, 9.17) is 21.8 Å². The third kappa shape index (κ3) is 3.68. The molecule has 1 aromatic heterocycles. The number of nitrogen functional groups attached to an aromatic ring is 1. The third-order valence-corrected chi connectivity index (χ3v) is 4.42. The number of benzene rings is 1. The predicted octanol–water partition coefficient (Wildman–Crippen LogP) is 2.91. The highest BCUT2D eigenvalue weighted by atomic mass is 35.5. The van der Waals surface area contributed by atoms with Crippen molar-refractivity contribution in [3.8, 4) is 0 Å².